The second-order valence-corrected chi connectivity index (χ2v) is 4.50. The molecule has 0 fully saturated rings. The minimum absolute atomic E-state index is 0.132. The minimum Gasteiger partial charge on any atom is -0.325 e. The molecule has 0 saturated carbocycles. The van der Waals surface area contributed by atoms with E-state index in [9.17, 15) is 9.18 Å². The van der Waals surface area contributed by atoms with E-state index in [1.807, 2.05) is 14.1 Å². The quantitative estimate of drug-likeness (QED) is 0.803. The van der Waals surface area contributed by atoms with Crippen molar-refractivity contribution in [1.82, 2.24) is 10.2 Å². The lowest BCUT2D eigenvalue weighted by Gasteiger charge is -2.19. The number of carbonyl (C=O) groups is 1. The van der Waals surface area contributed by atoms with Crippen molar-refractivity contribution >= 4 is 11.6 Å². The molecule has 18 heavy (non-hydrogen) atoms. The zero-order valence-electron chi connectivity index (χ0n) is 11.0. The Balaban J connectivity index is 2.27. The van der Waals surface area contributed by atoms with Crippen LogP contribution in [0.15, 0.2) is 24.3 Å². The predicted molar refractivity (Wildman–Crippen MR) is 71.0 cm³/mol. The van der Waals surface area contributed by atoms with Gasteiger partial charge in [-0.1, -0.05) is 0 Å². The summed E-state index contributed by atoms with van der Waals surface area (Å²) in [5, 5.41) is 5.76. The third-order valence-electron chi connectivity index (χ3n) is 2.73. The van der Waals surface area contributed by atoms with Crippen molar-refractivity contribution in [3.63, 3.8) is 0 Å². The normalized spacial score (nSPS) is 12.5. The van der Waals surface area contributed by atoms with Crippen LogP contribution in [0.25, 0.3) is 0 Å². The molecular weight excluding hydrogens is 233 g/mol. The number of anilines is 1. The second-order valence-electron chi connectivity index (χ2n) is 4.50. The zero-order chi connectivity index (χ0) is 13.5. The molecule has 1 atom stereocenters. The summed E-state index contributed by atoms with van der Waals surface area (Å²) in [6.07, 6.45) is 0. The molecule has 0 heterocycles. The molecule has 0 aliphatic heterocycles. The monoisotopic (exact) mass is 253 g/mol. The molecule has 5 heteroatoms. The fourth-order valence-corrected chi connectivity index (χ4v) is 1.32. The lowest BCUT2D eigenvalue weighted by atomic mass is 10.3. The van der Waals surface area contributed by atoms with E-state index in [0.717, 1.165) is 6.54 Å². The molecule has 4 nitrogen and oxygen atoms in total. The average molecular weight is 253 g/mol. The average Bonchev–Trinajstić information content (AvgIpc) is 2.32. The van der Waals surface area contributed by atoms with Crippen LogP contribution in [0.2, 0.25) is 0 Å². The number of hydrogen-bond acceptors (Lipinski definition) is 3. The lowest BCUT2D eigenvalue weighted by Crippen LogP contribution is -2.38. The van der Waals surface area contributed by atoms with Gasteiger partial charge < -0.3 is 15.5 Å². The van der Waals surface area contributed by atoms with Gasteiger partial charge in [-0.15, -0.1) is 0 Å². The maximum atomic E-state index is 12.7. The van der Waals surface area contributed by atoms with Crippen molar-refractivity contribution in [3.05, 3.63) is 30.1 Å². The first kappa shape index (κ1) is 14.6. The highest BCUT2D eigenvalue weighted by molar-refractivity contribution is 5.92. The van der Waals surface area contributed by atoms with Crippen molar-refractivity contribution in [1.29, 1.82) is 0 Å². The van der Waals surface area contributed by atoms with Crippen molar-refractivity contribution in [2.75, 3.05) is 32.5 Å². The van der Waals surface area contributed by atoms with Gasteiger partial charge in [0.1, 0.15) is 5.82 Å². The van der Waals surface area contributed by atoms with Crippen LogP contribution in [0, 0.1) is 5.82 Å². The summed E-state index contributed by atoms with van der Waals surface area (Å²) in [5.74, 6) is -0.446. The molecule has 0 aliphatic rings. The Morgan fingerprint density at radius 2 is 1.94 bits per heavy atom. The number of rotatable bonds is 6. The maximum Gasteiger partial charge on any atom is 0.238 e. The lowest BCUT2D eigenvalue weighted by molar-refractivity contribution is -0.115. The van der Waals surface area contributed by atoms with Gasteiger partial charge in [-0.25, -0.2) is 4.39 Å². The molecule has 1 aromatic carbocycles. The Morgan fingerprint density at radius 1 is 1.33 bits per heavy atom. The van der Waals surface area contributed by atoms with Crippen molar-refractivity contribution in [3.8, 4) is 0 Å². The third kappa shape index (κ3) is 5.25. The van der Waals surface area contributed by atoms with Crippen LogP contribution in [0.3, 0.4) is 0 Å². The van der Waals surface area contributed by atoms with Crippen molar-refractivity contribution in [2.45, 2.75) is 13.0 Å². The van der Waals surface area contributed by atoms with Gasteiger partial charge in [-0.3, -0.25) is 4.79 Å². The Bertz CT molecular complexity index is 378. The molecule has 0 aromatic heterocycles. The third-order valence-corrected chi connectivity index (χ3v) is 2.73. The van der Waals surface area contributed by atoms with E-state index >= 15 is 0 Å². The summed E-state index contributed by atoms with van der Waals surface area (Å²) < 4.78 is 12.7. The topological polar surface area (TPSA) is 44.4 Å². The highest BCUT2D eigenvalue weighted by Gasteiger charge is 2.06. The fraction of sp³-hybridized carbons (Fsp3) is 0.462. The van der Waals surface area contributed by atoms with E-state index in [0.29, 0.717) is 11.7 Å². The molecule has 2 N–H and O–H groups in total. The fourth-order valence-electron chi connectivity index (χ4n) is 1.32. The van der Waals surface area contributed by atoms with Gasteiger partial charge in [0.2, 0.25) is 5.91 Å². The van der Waals surface area contributed by atoms with Crippen molar-refractivity contribution in [2.24, 2.45) is 0 Å². The van der Waals surface area contributed by atoms with Gasteiger partial charge in [0.25, 0.3) is 0 Å². The molecule has 0 aliphatic carbocycles. The number of benzene rings is 1. The number of nitrogens with one attached hydrogen (secondary N) is 2. The van der Waals surface area contributed by atoms with E-state index in [1.54, 1.807) is 0 Å². The molecule has 100 valence electrons. The number of nitrogens with zero attached hydrogens (tertiary/aromatic N) is 1. The Labute approximate surface area is 107 Å². The van der Waals surface area contributed by atoms with Crippen LogP contribution >= 0.6 is 0 Å². The van der Waals surface area contributed by atoms with Gasteiger partial charge in [-0.05, 0) is 45.3 Å². The number of hydrogen-bond donors (Lipinski definition) is 2. The summed E-state index contributed by atoms with van der Waals surface area (Å²) >= 11 is 0. The molecule has 1 aromatic rings. The first-order valence-electron chi connectivity index (χ1n) is 5.91. The van der Waals surface area contributed by atoms with E-state index in [2.05, 4.69) is 22.5 Å². The van der Waals surface area contributed by atoms with Gasteiger partial charge in [-0.2, -0.15) is 0 Å². The summed E-state index contributed by atoms with van der Waals surface area (Å²) in [4.78, 5) is 13.6. The van der Waals surface area contributed by atoms with Crippen LogP contribution in [0.5, 0.6) is 0 Å². The molecule has 0 radical (unpaired) electrons. The Kier molecular flexibility index (Phi) is 5.74. The largest absolute Gasteiger partial charge is 0.325 e. The maximum absolute atomic E-state index is 12.7. The van der Waals surface area contributed by atoms with E-state index in [1.165, 1.54) is 24.3 Å². The highest BCUT2D eigenvalue weighted by atomic mass is 19.1. The van der Waals surface area contributed by atoms with Crippen LogP contribution in [-0.2, 0) is 4.79 Å². The van der Waals surface area contributed by atoms with Crippen LogP contribution in [-0.4, -0.2) is 44.0 Å². The minimum atomic E-state index is -0.314. The summed E-state index contributed by atoms with van der Waals surface area (Å²) in [6.45, 7) is 3.06. The summed E-state index contributed by atoms with van der Waals surface area (Å²) in [6, 6.07) is 6.07. The molecular formula is C13H20FN3O. The first-order valence-corrected chi connectivity index (χ1v) is 5.91. The standard InChI is InChI=1S/C13H20FN3O/c1-10(17(2)3)8-15-9-13(18)16-12-6-4-11(14)5-7-12/h4-7,10,15H,8-9H2,1-3H3,(H,16,18). The smallest absolute Gasteiger partial charge is 0.238 e. The number of amides is 1. The van der Waals surface area contributed by atoms with E-state index in [-0.39, 0.29) is 18.3 Å². The predicted octanol–water partition coefficient (Wildman–Crippen LogP) is 1.30. The zero-order valence-corrected chi connectivity index (χ0v) is 11.0. The molecule has 1 rings (SSSR count). The van der Waals surface area contributed by atoms with Gasteiger partial charge >= 0.3 is 0 Å². The van der Waals surface area contributed by atoms with Gasteiger partial charge in [0.05, 0.1) is 6.54 Å². The van der Waals surface area contributed by atoms with E-state index in [4.69, 9.17) is 0 Å². The molecule has 0 spiro atoms. The SMILES string of the molecule is CC(CNCC(=O)Nc1ccc(F)cc1)N(C)C. The van der Waals surface area contributed by atoms with Gasteiger partial charge in [0, 0.05) is 18.3 Å². The number of halogens is 1. The molecule has 0 saturated heterocycles. The summed E-state index contributed by atoms with van der Waals surface area (Å²) in [5.41, 5.74) is 0.601. The number of carbonyl (C=O) groups excluding carboxylic acids is 1. The Hall–Kier alpha value is -1.46. The van der Waals surface area contributed by atoms with Crippen LogP contribution in [0.4, 0.5) is 10.1 Å². The van der Waals surface area contributed by atoms with E-state index < -0.39 is 0 Å². The summed E-state index contributed by atoms with van der Waals surface area (Å²) in [7, 11) is 3.98. The Morgan fingerprint density at radius 3 is 2.50 bits per heavy atom. The molecule has 0 bridgehead atoms. The first-order chi connectivity index (χ1) is 8.49. The highest BCUT2D eigenvalue weighted by Crippen LogP contribution is 2.07. The number of likely N-dealkylation sites (N-methyl/N-ethyl adjacent to an activating group) is 1. The van der Waals surface area contributed by atoms with Crippen LogP contribution in [0.1, 0.15) is 6.92 Å². The van der Waals surface area contributed by atoms with Crippen molar-refractivity contribution < 1.29 is 9.18 Å². The van der Waals surface area contributed by atoms with Crippen LogP contribution < -0.4 is 10.6 Å². The molecule has 1 unspecified atom stereocenters. The molecule has 1 amide bonds. The second kappa shape index (κ2) is 7.08. The van der Waals surface area contributed by atoms with Gasteiger partial charge in [0.15, 0.2) is 0 Å².